The van der Waals surface area contributed by atoms with Crippen molar-refractivity contribution in [3.63, 3.8) is 0 Å². The summed E-state index contributed by atoms with van der Waals surface area (Å²) in [5.41, 5.74) is 1.26. The first-order valence-corrected chi connectivity index (χ1v) is 7.10. The van der Waals surface area contributed by atoms with Crippen LogP contribution in [0.5, 0.6) is 5.75 Å². The van der Waals surface area contributed by atoms with Crippen molar-refractivity contribution < 1.29 is 5.11 Å². The van der Waals surface area contributed by atoms with Gasteiger partial charge in [-0.3, -0.25) is 4.90 Å². The predicted octanol–water partition coefficient (Wildman–Crippen LogP) is 3.92. The molecule has 0 aromatic heterocycles. The summed E-state index contributed by atoms with van der Waals surface area (Å²) in [6.45, 7) is 5.59. The number of phenolic OH excluding ortho intramolecular Hbond substituents is 1. The zero-order valence-electron chi connectivity index (χ0n) is 10.5. The second kappa shape index (κ2) is 5.40. The molecule has 1 aliphatic heterocycles. The van der Waals surface area contributed by atoms with Crippen LogP contribution in [-0.4, -0.2) is 22.1 Å². The average molecular weight is 298 g/mol. The van der Waals surface area contributed by atoms with Crippen LogP contribution >= 0.6 is 15.9 Å². The van der Waals surface area contributed by atoms with Gasteiger partial charge < -0.3 is 5.11 Å². The van der Waals surface area contributed by atoms with Crippen molar-refractivity contribution >= 4 is 15.9 Å². The molecule has 1 fully saturated rings. The largest absolute Gasteiger partial charge is 0.507 e. The maximum atomic E-state index is 9.49. The van der Waals surface area contributed by atoms with Gasteiger partial charge in [-0.1, -0.05) is 12.5 Å². The normalized spacial score (nSPS) is 26.1. The fraction of sp³-hybridized carbons (Fsp3) is 0.571. The number of likely N-dealkylation sites (tertiary alicyclic amines) is 1. The highest BCUT2D eigenvalue weighted by Crippen LogP contribution is 2.28. The first-order valence-electron chi connectivity index (χ1n) is 6.31. The van der Waals surface area contributed by atoms with Gasteiger partial charge in [0.05, 0.1) is 4.47 Å². The molecule has 0 saturated carbocycles. The SMILES string of the molecule is CC1CCCC(C)N1Cc1ccc(O)c(Br)c1. The van der Waals surface area contributed by atoms with Gasteiger partial charge in [0.2, 0.25) is 0 Å². The van der Waals surface area contributed by atoms with Crippen LogP contribution in [0.4, 0.5) is 0 Å². The molecule has 0 bridgehead atoms. The highest BCUT2D eigenvalue weighted by atomic mass is 79.9. The number of rotatable bonds is 2. The number of halogens is 1. The van der Waals surface area contributed by atoms with Gasteiger partial charge in [-0.25, -0.2) is 0 Å². The summed E-state index contributed by atoms with van der Waals surface area (Å²) in [6, 6.07) is 7.11. The molecular weight excluding hydrogens is 278 g/mol. The zero-order chi connectivity index (χ0) is 12.4. The highest BCUT2D eigenvalue weighted by molar-refractivity contribution is 9.10. The summed E-state index contributed by atoms with van der Waals surface area (Å²) in [4.78, 5) is 2.56. The number of hydrogen-bond donors (Lipinski definition) is 1. The number of phenols is 1. The van der Waals surface area contributed by atoms with Crippen LogP contribution in [0.2, 0.25) is 0 Å². The fourth-order valence-electron chi connectivity index (χ4n) is 2.65. The predicted molar refractivity (Wildman–Crippen MR) is 74.1 cm³/mol. The van der Waals surface area contributed by atoms with Gasteiger partial charge in [0.1, 0.15) is 5.75 Å². The number of piperidine rings is 1. The summed E-state index contributed by atoms with van der Waals surface area (Å²) in [5, 5.41) is 9.49. The zero-order valence-corrected chi connectivity index (χ0v) is 12.1. The molecule has 2 unspecified atom stereocenters. The van der Waals surface area contributed by atoms with Gasteiger partial charge in [-0.2, -0.15) is 0 Å². The van der Waals surface area contributed by atoms with E-state index >= 15 is 0 Å². The van der Waals surface area contributed by atoms with E-state index in [1.54, 1.807) is 6.07 Å². The molecule has 1 aliphatic rings. The van der Waals surface area contributed by atoms with Gasteiger partial charge in [0, 0.05) is 18.6 Å². The lowest BCUT2D eigenvalue weighted by Crippen LogP contribution is -2.42. The number of nitrogens with zero attached hydrogens (tertiary/aromatic N) is 1. The van der Waals surface area contributed by atoms with Crippen LogP contribution in [0.25, 0.3) is 0 Å². The molecule has 2 rings (SSSR count). The molecular formula is C14H20BrNO. The molecule has 1 N–H and O–H groups in total. The lowest BCUT2D eigenvalue weighted by Gasteiger charge is -2.39. The van der Waals surface area contributed by atoms with Crippen molar-refractivity contribution in [1.29, 1.82) is 0 Å². The van der Waals surface area contributed by atoms with Crippen molar-refractivity contribution in [2.24, 2.45) is 0 Å². The smallest absolute Gasteiger partial charge is 0.129 e. The Bertz CT molecular complexity index is 384. The van der Waals surface area contributed by atoms with Gasteiger partial charge in [-0.05, 0) is 60.3 Å². The Balaban J connectivity index is 2.10. The van der Waals surface area contributed by atoms with Crippen LogP contribution in [0.1, 0.15) is 38.7 Å². The molecule has 2 atom stereocenters. The summed E-state index contributed by atoms with van der Waals surface area (Å²) in [7, 11) is 0. The van der Waals surface area contributed by atoms with Crippen LogP contribution in [0.15, 0.2) is 22.7 Å². The van der Waals surface area contributed by atoms with Crippen molar-refractivity contribution in [2.75, 3.05) is 0 Å². The van der Waals surface area contributed by atoms with E-state index in [1.165, 1.54) is 24.8 Å². The van der Waals surface area contributed by atoms with Gasteiger partial charge in [0.15, 0.2) is 0 Å². The molecule has 1 saturated heterocycles. The molecule has 94 valence electrons. The quantitative estimate of drug-likeness (QED) is 0.894. The van der Waals surface area contributed by atoms with Gasteiger partial charge >= 0.3 is 0 Å². The van der Waals surface area contributed by atoms with E-state index in [4.69, 9.17) is 0 Å². The molecule has 17 heavy (non-hydrogen) atoms. The summed E-state index contributed by atoms with van der Waals surface area (Å²) in [5.74, 6) is 0.313. The average Bonchev–Trinajstić information content (AvgIpc) is 2.28. The Morgan fingerprint density at radius 2 is 1.94 bits per heavy atom. The minimum Gasteiger partial charge on any atom is -0.507 e. The van der Waals surface area contributed by atoms with Crippen LogP contribution in [0.3, 0.4) is 0 Å². The minimum absolute atomic E-state index is 0.313. The van der Waals surface area contributed by atoms with Crippen LogP contribution < -0.4 is 0 Å². The van der Waals surface area contributed by atoms with E-state index in [1.807, 2.05) is 12.1 Å². The number of aromatic hydroxyl groups is 1. The van der Waals surface area contributed by atoms with E-state index in [0.717, 1.165) is 11.0 Å². The van der Waals surface area contributed by atoms with Crippen LogP contribution in [0, 0.1) is 0 Å². The van der Waals surface area contributed by atoms with Crippen molar-refractivity contribution in [2.45, 2.75) is 51.7 Å². The number of hydrogen-bond acceptors (Lipinski definition) is 2. The third-order valence-electron chi connectivity index (χ3n) is 3.75. The molecule has 1 aromatic rings. The maximum absolute atomic E-state index is 9.49. The molecule has 1 aromatic carbocycles. The van der Waals surface area contributed by atoms with E-state index in [0.29, 0.717) is 17.8 Å². The Morgan fingerprint density at radius 3 is 2.53 bits per heavy atom. The topological polar surface area (TPSA) is 23.5 Å². The minimum atomic E-state index is 0.313. The van der Waals surface area contributed by atoms with Gasteiger partial charge in [0.25, 0.3) is 0 Å². The first kappa shape index (κ1) is 12.9. The summed E-state index contributed by atoms with van der Waals surface area (Å²) in [6.07, 6.45) is 3.94. The third kappa shape index (κ3) is 3.02. The van der Waals surface area contributed by atoms with Gasteiger partial charge in [-0.15, -0.1) is 0 Å². The molecule has 0 spiro atoms. The second-order valence-electron chi connectivity index (χ2n) is 5.09. The van der Waals surface area contributed by atoms with Crippen LogP contribution in [-0.2, 0) is 6.54 Å². The van der Waals surface area contributed by atoms with Crippen molar-refractivity contribution in [3.8, 4) is 5.75 Å². The second-order valence-corrected chi connectivity index (χ2v) is 5.94. The Labute approximate surface area is 112 Å². The molecule has 3 heteroatoms. The Hall–Kier alpha value is -0.540. The van der Waals surface area contributed by atoms with E-state index in [9.17, 15) is 5.11 Å². The third-order valence-corrected chi connectivity index (χ3v) is 4.39. The molecule has 2 nitrogen and oxygen atoms in total. The molecule has 0 amide bonds. The molecule has 0 radical (unpaired) electrons. The standard InChI is InChI=1S/C14H20BrNO/c1-10-4-3-5-11(2)16(10)9-12-6-7-14(17)13(15)8-12/h6-8,10-11,17H,3-5,9H2,1-2H3. The molecule has 0 aliphatic carbocycles. The van der Waals surface area contributed by atoms with Crippen molar-refractivity contribution in [1.82, 2.24) is 4.90 Å². The van der Waals surface area contributed by atoms with E-state index in [-0.39, 0.29) is 0 Å². The fourth-order valence-corrected chi connectivity index (χ4v) is 3.07. The lowest BCUT2D eigenvalue weighted by atomic mass is 9.97. The van der Waals surface area contributed by atoms with Crippen molar-refractivity contribution in [3.05, 3.63) is 28.2 Å². The lowest BCUT2D eigenvalue weighted by molar-refractivity contribution is 0.0952. The van der Waals surface area contributed by atoms with E-state index < -0.39 is 0 Å². The van der Waals surface area contributed by atoms with E-state index in [2.05, 4.69) is 34.7 Å². The first-order chi connectivity index (χ1) is 8.08. The number of benzene rings is 1. The summed E-state index contributed by atoms with van der Waals surface area (Å²) >= 11 is 3.37. The monoisotopic (exact) mass is 297 g/mol. The molecule has 1 heterocycles. The highest BCUT2D eigenvalue weighted by Gasteiger charge is 2.24. The maximum Gasteiger partial charge on any atom is 0.129 e. The Morgan fingerprint density at radius 1 is 1.29 bits per heavy atom. The Kier molecular flexibility index (Phi) is 4.10. The summed E-state index contributed by atoms with van der Waals surface area (Å²) < 4.78 is 0.785.